The van der Waals surface area contributed by atoms with E-state index in [4.69, 9.17) is 14.2 Å². The minimum atomic E-state index is -0.365. The predicted octanol–water partition coefficient (Wildman–Crippen LogP) is 4.41. The largest absolute Gasteiger partial charge is 0.492 e. The Morgan fingerprint density at radius 3 is 2.72 bits per heavy atom. The molecule has 0 amide bonds. The van der Waals surface area contributed by atoms with Gasteiger partial charge in [-0.1, -0.05) is 39.0 Å². The molecule has 5 unspecified atom stereocenters. The van der Waals surface area contributed by atoms with Crippen molar-refractivity contribution < 1.29 is 24.1 Å². The molecular formula is C26H37NO5. The third-order valence-corrected chi connectivity index (χ3v) is 8.48. The van der Waals surface area contributed by atoms with Crippen molar-refractivity contribution in [1.82, 2.24) is 4.90 Å². The van der Waals surface area contributed by atoms with Gasteiger partial charge in [-0.05, 0) is 44.6 Å². The third-order valence-electron chi connectivity index (χ3n) is 8.48. The second kappa shape index (κ2) is 8.86. The summed E-state index contributed by atoms with van der Waals surface area (Å²) in [5.41, 5.74) is 0.487. The van der Waals surface area contributed by atoms with E-state index in [1.54, 1.807) is 14.0 Å². The van der Waals surface area contributed by atoms with Gasteiger partial charge in [-0.3, -0.25) is 4.90 Å². The van der Waals surface area contributed by atoms with Crippen LogP contribution in [0.4, 0.5) is 0 Å². The second-order valence-electron chi connectivity index (χ2n) is 10.3. The summed E-state index contributed by atoms with van der Waals surface area (Å²) in [6.45, 7) is 4.87. The summed E-state index contributed by atoms with van der Waals surface area (Å²) in [5.74, 6) is 3.24. The van der Waals surface area contributed by atoms with E-state index in [0.717, 1.165) is 44.4 Å². The van der Waals surface area contributed by atoms with Gasteiger partial charge in [0.2, 0.25) is 5.76 Å². The molecule has 6 heteroatoms. The van der Waals surface area contributed by atoms with Gasteiger partial charge in [0.1, 0.15) is 5.76 Å². The fourth-order valence-corrected chi connectivity index (χ4v) is 6.88. The zero-order valence-corrected chi connectivity index (χ0v) is 19.6. The number of hydrogen-bond donors (Lipinski definition) is 1. The Hall–Kier alpha value is -1.79. The molecule has 4 aliphatic heterocycles. The minimum Gasteiger partial charge on any atom is -0.492 e. The number of carbonyl (C=O) groups is 1. The Bertz CT molecular complexity index is 852. The first-order chi connectivity index (χ1) is 15.5. The quantitative estimate of drug-likeness (QED) is 0.649. The lowest BCUT2D eigenvalue weighted by Gasteiger charge is -2.46. The molecule has 176 valence electrons. The van der Waals surface area contributed by atoms with E-state index in [1.165, 1.54) is 25.7 Å². The number of carbonyl (C=O) groups excluding carboxylic acids is 1. The highest BCUT2D eigenvalue weighted by Crippen LogP contribution is 2.49. The molecule has 5 rings (SSSR count). The number of allylic oxidation sites excluding steroid dienone is 1. The van der Waals surface area contributed by atoms with Gasteiger partial charge in [0.15, 0.2) is 11.5 Å². The highest BCUT2D eigenvalue weighted by Gasteiger charge is 2.50. The fourth-order valence-electron chi connectivity index (χ4n) is 6.88. The number of aliphatic hydroxyl groups excluding tert-OH is 1. The van der Waals surface area contributed by atoms with Gasteiger partial charge in [0.25, 0.3) is 0 Å². The molecule has 1 aliphatic carbocycles. The van der Waals surface area contributed by atoms with Crippen LogP contribution in [0.5, 0.6) is 0 Å². The molecule has 32 heavy (non-hydrogen) atoms. The number of hydrogen-bond acceptors (Lipinski definition) is 6. The molecule has 0 aromatic carbocycles. The minimum absolute atomic E-state index is 0.0800. The summed E-state index contributed by atoms with van der Waals surface area (Å²) in [5, 5.41) is 11.2. The number of piperidine rings is 1. The van der Waals surface area contributed by atoms with Crippen LogP contribution in [0.3, 0.4) is 0 Å². The zero-order chi connectivity index (χ0) is 22.4. The van der Waals surface area contributed by atoms with Crippen LogP contribution < -0.4 is 0 Å². The predicted molar refractivity (Wildman–Crippen MR) is 120 cm³/mol. The van der Waals surface area contributed by atoms with Crippen LogP contribution in [-0.2, 0) is 19.0 Å². The number of cyclic esters (lactones) is 1. The van der Waals surface area contributed by atoms with E-state index in [2.05, 4.69) is 17.9 Å². The summed E-state index contributed by atoms with van der Waals surface area (Å²) < 4.78 is 17.5. The van der Waals surface area contributed by atoms with Crippen LogP contribution in [0.1, 0.15) is 71.6 Å². The summed E-state index contributed by atoms with van der Waals surface area (Å²) in [4.78, 5) is 14.8. The van der Waals surface area contributed by atoms with Crippen molar-refractivity contribution in [3.05, 3.63) is 34.7 Å². The van der Waals surface area contributed by atoms with Crippen LogP contribution >= 0.6 is 0 Å². The molecule has 5 aliphatic rings. The molecule has 6 nitrogen and oxygen atoms in total. The zero-order valence-electron chi connectivity index (χ0n) is 19.6. The van der Waals surface area contributed by atoms with E-state index in [-0.39, 0.29) is 30.0 Å². The fraction of sp³-hybridized carbons (Fsp3) is 0.731. The second-order valence-corrected chi connectivity index (χ2v) is 10.3. The highest BCUT2D eigenvalue weighted by atomic mass is 16.6. The summed E-state index contributed by atoms with van der Waals surface area (Å²) in [7, 11) is 1.57. The Morgan fingerprint density at radius 1 is 1.19 bits per heavy atom. The Balaban J connectivity index is 1.40. The number of nitrogens with zero attached hydrogens (tertiary/aromatic N) is 1. The summed E-state index contributed by atoms with van der Waals surface area (Å²) >= 11 is 0. The van der Waals surface area contributed by atoms with Gasteiger partial charge in [-0.2, -0.15) is 0 Å². The van der Waals surface area contributed by atoms with E-state index < -0.39 is 0 Å². The molecule has 2 saturated heterocycles. The lowest BCUT2D eigenvalue weighted by Crippen LogP contribution is -2.55. The van der Waals surface area contributed by atoms with Gasteiger partial charge < -0.3 is 19.3 Å². The third kappa shape index (κ3) is 3.69. The molecule has 1 N–H and O–H groups in total. The van der Waals surface area contributed by atoms with Crippen molar-refractivity contribution in [2.45, 2.75) is 89.8 Å². The number of esters is 1. The number of ether oxygens (including phenoxy) is 3. The van der Waals surface area contributed by atoms with Gasteiger partial charge in [0.05, 0.1) is 18.8 Å². The van der Waals surface area contributed by atoms with Crippen molar-refractivity contribution >= 4 is 5.97 Å². The molecule has 0 aromatic heterocycles. The van der Waals surface area contributed by atoms with Crippen molar-refractivity contribution in [1.29, 1.82) is 0 Å². The number of fused-ring (bicyclic) bond motifs is 3. The summed E-state index contributed by atoms with van der Waals surface area (Å²) in [6.07, 6.45) is 12.3. The highest BCUT2D eigenvalue weighted by molar-refractivity contribution is 5.93. The molecule has 4 heterocycles. The van der Waals surface area contributed by atoms with Gasteiger partial charge in [-0.15, -0.1) is 0 Å². The monoisotopic (exact) mass is 443 g/mol. The molecule has 0 bridgehead atoms. The molecule has 0 spiro atoms. The Labute approximate surface area is 191 Å². The normalized spacial score (nSPS) is 36.9. The SMILES string of the molecule is COC1=C(C)C(=O)OC1=C1OC2=CCCN3C(C(O)CC4CCCC4)CCCC3C2C1C. The topological polar surface area (TPSA) is 68.2 Å². The van der Waals surface area contributed by atoms with Gasteiger partial charge in [-0.25, -0.2) is 4.79 Å². The van der Waals surface area contributed by atoms with Crippen LogP contribution in [0.15, 0.2) is 34.7 Å². The van der Waals surface area contributed by atoms with Gasteiger partial charge >= 0.3 is 5.97 Å². The lowest BCUT2D eigenvalue weighted by molar-refractivity contribution is -0.133. The maximum Gasteiger partial charge on any atom is 0.343 e. The first-order valence-corrected chi connectivity index (χ1v) is 12.5. The Morgan fingerprint density at radius 2 is 1.97 bits per heavy atom. The molecular weight excluding hydrogens is 406 g/mol. The number of aliphatic hydroxyl groups is 1. The molecule has 0 aromatic rings. The van der Waals surface area contributed by atoms with E-state index in [1.807, 2.05) is 0 Å². The smallest absolute Gasteiger partial charge is 0.343 e. The van der Waals surface area contributed by atoms with Crippen LogP contribution in [0.25, 0.3) is 0 Å². The maximum atomic E-state index is 12.2. The van der Waals surface area contributed by atoms with Crippen LogP contribution in [0, 0.1) is 17.8 Å². The van der Waals surface area contributed by atoms with E-state index >= 15 is 0 Å². The first-order valence-electron chi connectivity index (χ1n) is 12.5. The average Bonchev–Trinajstić information content (AvgIpc) is 3.43. The molecule has 5 atom stereocenters. The number of methoxy groups -OCH3 is 1. The number of rotatable bonds is 4. The summed E-state index contributed by atoms with van der Waals surface area (Å²) in [6, 6.07) is 0.564. The lowest BCUT2D eigenvalue weighted by atomic mass is 9.79. The van der Waals surface area contributed by atoms with E-state index in [0.29, 0.717) is 34.8 Å². The molecule has 3 fully saturated rings. The molecule has 1 saturated carbocycles. The Kier molecular flexibility index (Phi) is 6.10. The van der Waals surface area contributed by atoms with E-state index in [9.17, 15) is 9.90 Å². The average molecular weight is 444 g/mol. The first kappa shape index (κ1) is 22.0. The van der Waals surface area contributed by atoms with Crippen molar-refractivity contribution in [2.24, 2.45) is 17.8 Å². The standard InChI is InChI=1S/C26H37NO5/c1-15-22-19-11-6-10-18(20(28)14-17-8-4-5-9-17)27(19)13-7-12-21(22)31-24(15)25-23(30-3)16(2)26(29)32-25/h12,15,17-20,22,28H,4-11,13-14H2,1-3H3. The molecule has 0 radical (unpaired) electrons. The van der Waals surface area contributed by atoms with Gasteiger partial charge in [0, 0.05) is 30.5 Å². The van der Waals surface area contributed by atoms with Crippen molar-refractivity contribution in [3.63, 3.8) is 0 Å². The van der Waals surface area contributed by atoms with Crippen LogP contribution in [0.2, 0.25) is 0 Å². The maximum absolute atomic E-state index is 12.2. The van der Waals surface area contributed by atoms with Crippen LogP contribution in [-0.4, -0.2) is 47.8 Å². The van der Waals surface area contributed by atoms with Crippen molar-refractivity contribution in [2.75, 3.05) is 13.7 Å². The van der Waals surface area contributed by atoms with Crippen molar-refractivity contribution in [3.8, 4) is 0 Å².